The van der Waals surface area contributed by atoms with Gasteiger partial charge in [-0.15, -0.1) is 0 Å². The molecule has 0 atom stereocenters. The van der Waals surface area contributed by atoms with Crippen LogP contribution in [0.15, 0.2) is 47.0 Å². The molecule has 2 aromatic carbocycles. The molecule has 144 valence electrons. The second-order valence-electron chi connectivity index (χ2n) is 6.51. The van der Waals surface area contributed by atoms with Gasteiger partial charge in [-0.2, -0.15) is 0 Å². The molecule has 1 aliphatic rings. The Morgan fingerprint density at radius 3 is 2.61 bits per heavy atom. The zero-order chi connectivity index (χ0) is 19.5. The summed E-state index contributed by atoms with van der Waals surface area (Å²) in [6.07, 6.45) is 2.29. The van der Waals surface area contributed by atoms with Gasteiger partial charge in [0.2, 0.25) is 5.91 Å². The van der Waals surface area contributed by atoms with E-state index in [0.717, 1.165) is 5.56 Å². The van der Waals surface area contributed by atoms with Crippen LogP contribution in [0.2, 0.25) is 5.02 Å². The van der Waals surface area contributed by atoms with Crippen molar-refractivity contribution in [3.63, 3.8) is 0 Å². The van der Waals surface area contributed by atoms with E-state index in [1.165, 1.54) is 5.56 Å². The summed E-state index contributed by atoms with van der Waals surface area (Å²) in [7, 11) is 0. The Hall–Kier alpha value is -2.99. The molecule has 0 radical (unpaired) electrons. The number of hydrogen-bond donors (Lipinski definition) is 1. The van der Waals surface area contributed by atoms with Crippen LogP contribution in [0.4, 0.5) is 5.69 Å². The van der Waals surface area contributed by atoms with Crippen LogP contribution in [0.25, 0.3) is 11.3 Å². The van der Waals surface area contributed by atoms with E-state index in [9.17, 15) is 4.79 Å². The van der Waals surface area contributed by atoms with E-state index in [1.54, 1.807) is 18.3 Å². The van der Waals surface area contributed by atoms with Crippen molar-refractivity contribution in [1.82, 2.24) is 4.98 Å². The number of nitrogens with one attached hydrogen (secondary N) is 1. The number of anilines is 1. The number of benzene rings is 2. The normalized spacial score (nSPS) is 12.6. The van der Waals surface area contributed by atoms with E-state index in [-0.39, 0.29) is 12.3 Å². The minimum absolute atomic E-state index is 0.186. The summed E-state index contributed by atoms with van der Waals surface area (Å²) >= 11 is 6.22. The molecule has 6 nitrogen and oxygen atoms in total. The third-order valence-corrected chi connectivity index (χ3v) is 4.67. The summed E-state index contributed by atoms with van der Waals surface area (Å²) in [4.78, 5) is 16.6. The first-order chi connectivity index (χ1) is 13.6. The van der Waals surface area contributed by atoms with Crippen LogP contribution in [-0.4, -0.2) is 24.1 Å². The maximum absolute atomic E-state index is 12.3. The number of amides is 1. The van der Waals surface area contributed by atoms with Gasteiger partial charge >= 0.3 is 0 Å². The lowest BCUT2D eigenvalue weighted by atomic mass is 10.1. The lowest BCUT2D eigenvalue weighted by Crippen LogP contribution is -2.17. The zero-order valence-electron chi connectivity index (χ0n) is 15.3. The SMILES string of the molecule is Cc1ccc(-c2cnc(CCC(=O)Nc3cc4c(cc3Cl)OCCO4)o2)cc1. The van der Waals surface area contributed by atoms with Crippen LogP contribution in [0, 0.1) is 6.92 Å². The first kappa shape index (κ1) is 18.4. The number of oxazole rings is 1. The standard InChI is InChI=1S/C21H19ClN2O4/c1-13-2-4-14(5-3-13)19-12-23-21(28-19)7-6-20(25)24-16-11-18-17(10-15(16)22)26-8-9-27-18/h2-5,10-12H,6-9H2,1H3,(H,24,25). The van der Waals surface area contributed by atoms with Crippen LogP contribution >= 0.6 is 11.6 Å². The maximum atomic E-state index is 12.3. The average molecular weight is 399 g/mol. The van der Waals surface area contributed by atoms with Crippen molar-refractivity contribution in [1.29, 1.82) is 0 Å². The number of nitrogens with zero attached hydrogens (tertiary/aromatic N) is 1. The molecule has 0 bridgehead atoms. The number of hydrogen-bond acceptors (Lipinski definition) is 5. The number of carbonyl (C=O) groups is 1. The number of aryl methyl sites for hydroxylation is 2. The Morgan fingerprint density at radius 2 is 1.86 bits per heavy atom. The molecule has 0 unspecified atom stereocenters. The van der Waals surface area contributed by atoms with Crippen molar-refractivity contribution >= 4 is 23.2 Å². The fraction of sp³-hybridized carbons (Fsp3) is 0.238. The number of fused-ring (bicyclic) bond motifs is 1. The number of halogens is 1. The molecule has 7 heteroatoms. The predicted octanol–water partition coefficient (Wildman–Crippen LogP) is 4.65. The van der Waals surface area contributed by atoms with Gasteiger partial charge in [-0.25, -0.2) is 4.98 Å². The molecule has 3 aromatic rings. The number of ether oxygens (including phenoxy) is 2. The zero-order valence-corrected chi connectivity index (χ0v) is 16.1. The summed E-state index contributed by atoms with van der Waals surface area (Å²) in [6, 6.07) is 11.3. The highest BCUT2D eigenvalue weighted by Gasteiger charge is 2.17. The number of aromatic nitrogens is 1. The fourth-order valence-electron chi connectivity index (χ4n) is 2.87. The number of rotatable bonds is 5. The topological polar surface area (TPSA) is 73.6 Å². The maximum Gasteiger partial charge on any atom is 0.224 e. The highest BCUT2D eigenvalue weighted by Crippen LogP contribution is 2.38. The number of carbonyl (C=O) groups excluding carboxylic acids is 1. The third-order valence-electron chi connectivity index (χ3n) is 4.36. The molecular formula is C21H19ClN2O4. The molecule has 1 N–H and O–H groups in total. The van der Waals surface area contributed by atoms with E-state index < -0.39 is 0 Å². The third kappa shape index (κ3) is 4.12. The molecule has 28 heavy (non-hydrogen) atoms. The van der Waals surface area contributed by atoms with E-state index in [4.69, 9.17) is 25.5 Å². The van der Waals surface area contributed by atoms with Crippen molar-refractivity contribution in [3.05, 3.63) is 59.1 Å². The van der Waals surface area contributed by atoms with Crippen molar-refractivity contribution in [2.24, 2.45) is 0 Å². The van der Waals surface area contributed by atoms with Crippen molar-refractivity contribution in [3.8, 4) is 22.8 Å². The van der Waals surface area contributed by atoms with Crippen LogP contribution < -0.4 is 14.8 Å². The van der Waals surface area contributed by atoms with Crippen molar-refractivity contribution < 1.29 is 18.7 Å². The van der Waals surface area contributed by atoms with E-state index in [0.29, 0.717) is 53.5 Å². The first-order valence-electron chi connectivity index (χ1n) is 8.99. The van der Waals surface area contributed by atoms with Gasteiger partial charge in [0.1, 0.15) is 13.2 Å². The Bertz CT molecular complexity index is 998. The second kappa shape index (κ2) is 7.94. The quantitative estimate of drug-likeness (QED) is 0.677. The van der Waals surface area contributed by atoms with E-state index in [1.807, 2.05) is 31.2 Å². The average Bonchev–Trinajstić information content (AvgIpc) is 3.16. The molecule has 1 aliphatic heterocycles. The lowest BCUT2D eigenvalue weighted by Gasteiger charge is -2.20. The van der Waals surface area contributed by atoms with Gasteiger partial charge in [-0.3, -0.25) is 4.79 Å². The summed E-state index contributed by atoms with van der Waals surface area (Å²) in [5.74, 6) is 2.16. The first-order valence-corrected chi connectivity index (χ1v) is 9.37. The molecular weight excluding hydrogens is 380 g/mol. The summed E-state index contributed by atoms with van der Waals surface area (Å²) < 4.78 is 16.7. The summed E-state index contributed by atoms with van der Waals surface area (Å²) in [5, 5.41) is 3.20. The molecule has 0 spiro atoms. The van der Waals surface area contributed by atoms with Crippen molar-refractivity contribution in [2.45, 2.75) is 19.8 Å². The fourth-order valence-corrected chi connectivity index (χ4v) is 3.07. The van der Waals surface area contributed by atoms with Crippen LogP contribution in [-0.2, 0) is 11.2 Å². The minimum Gasteiger partial charge on any atom is -0.486 e. The Morgan fingerprint density at radius 1 is 1.14 bits per heavy atom. The molecule has 1 amide bonds. The van der Waals surface area contributed by atoms with Crippen LogP contribution in [0.3, 0.4) is 0 Å². The van der Waals surface area contributed by atoms with Gasteiger partial charge in [0, 0.05) is 30.5 Å². The molecule has 0 saturated heterocycles. The van der Waals surface area contributed by atoms with Gasteiger partial charge in [-0.05, 0) is 6.92 Å². The van der Waals surface area contributed by atoms with E-state index in [2.05, 4.69) is 10.3 Å². The monoisotopic (exact) mass is 398 g/mol. The van der Waals surface area contributed by atoms with Gasteiger partial charge < -0.3 is 19.2 Å². The second-order valence-corrected chi connectivity index (χ2v) is 6.92. The van der Waals surface area contributed by atoms with Gasteiger partial charge in [-0.1, -0.05) is 41.4 Å². The highest BCUT2D eigenvalue weighted by molar-refractivity contribution is 6.34. The van der Waals surface area contributed by atoms with Crippen LogP contribution in [0.1, 0.15) is 17.9 Å². The highest BCUT2D eigenvalue weighted by atomic mass is 35.5. The van der Waals surface area contributed by atoms with Gasteiger partial charge in [0.05, 0.1) is 16.9 Å². The molecule has 1 aromatic heterocycles. The summed E-state index contributed by atoms with van der Waals surface area (Å²) in [5.41, 5.74) is 2.62. The van der Waals surface area contributed by atoms with Crippen LogP contribution in [0.5, 0.6) is 11.5 Å². The lowest BCUT2D eigenvalue weighted by molar-refractivity contribution is -0.116. The van der Waals surface area contributed by atoms with Gasteiger partial charge in [0.25, 0.3) is 0 Å². The van der Waals surface area contributed by atoms with Gasteiger partial charge in [0.15, 0.2) is 23.1 Å². The molecule has 0 fully saturated rings. The predicted molar refractivity (Wildman–Crippen MR) is 106 cm³/mol. The van der Waals surface area contributed by atoms with E-state index >= 15 is 0 Å². The molecule has 4 rings (SSSR count). The molecule has 0 aliphatic carbocycles. The molecule has 2 heterocycles. The Labute approximate surface area is 167 Å². The Balaban J connectivity index is 1.37. The Kier molecular flexibility index (Phi) is 5.21. The molecule has 0 saturated carbocycles. The minimum atomic E-state index is -0.186. The smallest absolute Gasteiger partial charge is 0.224 e. The summed E-state index contributed by atoms with van der Waals surface area (Å²) in [6.45, 7) is 2.98. The van der Waals surface area contributed by atoms with Crippen molar-refractivity contribution in [2.75, 3.05) is 18.5 Å². The largest absolute Gasteiger partial charge is 0.486 e.